The molecule has 2 aromatic carbocycles. The summed E-state index contributed by atoms with van der Waals surface area (Å²) in [6, 6.07) is 1.57. The van der Waals surface area contributed by atoms with Crippen molar-refractivity contribution in [3.05, 3.63) is 69.8 Å². The van der Waals surface area contributed by atoms with Crippen molar-refractivity contribution < 1.29 is 80.9 Å². The summed E-state index contributed by atoms with van der Waals surface area (Å²) in [5.41, 5.74) is -4.98. The molecule has 29 heavy (non-hydrogen) atoms. The Morgan fingerprint density at radius 1 is 0.414 bits per heavy atom. The molecule has 0 atom stereocenters. The number of alkyl halides is 6. The Morgan fingerprint density at radius 2 is 0.655 bits per heavy atom. The summed E-state index contributed by atoms with van der Waals surface area (Å²) in [6.45, 7) is 0. The van der Waals surface area contributed by atoms with Gasteiger partial charge in [0.15, 0.2) is 0 Å². The summed E-state index contributed by atoms with van der Waals surface area (Å²) < 4.78 is 169. The zero-order valence-electron chi connectivity index (χ0n) is 13.0. The number of rotatable bonds is 0. The predicted molar refractivity (Wildman–Crippen MR) is 60.2 cm³/mol. The van der Waals surface area contributed by atoms with E-state index >= 15 is 0 Å². The van der Waals surface area contributed by atoms with Crippen LogP contribution in [0.5, 0.6) is 0 Å². The van der Waals surface area contributed by atoms with Gasteiger partial charge in [0.25, 0.3) is 0 Å². The third-order valence-electron chi connectivity index (χ3n) is 2.65. The zero-order chi connectivity index (χ0) is 22.2. The van der Waals surface area contributed by atoms with Crippen molar-refractivity contribution in [1.29, 1.82) is 0 Å². The summed E-state index contributed by atoms with van der Waals surface area (Å²) >= 11 is 0. The molecule has 0 saturated heterocycles. The third kappa shape index (κ3) is 6.03. The smallest absolute Gasteiger partial charge is 0.278 e. The van der Waals surface area contributed by atoms with E-state index in [0.717, 1.165) is 12.1 Å². The van der Waals surface area contributed by atoms with E-state index in [-0.39, 0.29) is 19.5 Å². The molecule has 0 bridgehead atoms. The van der Waals surface area contributed by atoms with Crippen LogP contribution in [0.4, 0.5) is 61.5 Å². The van der Waals surface area contributed by atoms with Gasteiger partial charge in [-0.3, -0.25) is 8.78 Å². The summed E-state index contributed by atoms with van der Waals surface area (Å²) in [4.78, 5) is 0. The van der Waals surface area contributed by atoms with Gasteiger partial charge in [0, 0.05) is 22.8 Å². The topological polar surface area (TPSA) is 0 Å². The molecule has 0 aliphatic carbocycles. The number of halogens is 14. The molecule has 0 nitrogen and oxygen atoms in total. The Labute approximate surface area is 163 Å². The van der Waals surface area contributed by atoms with Gasteiger partial charge in [0.05, 0.1) is 34.9 Å². The van der Waals surface area contributed by atoms with Crippen molar-refractivity contribution in [1.82, 2.24) is 0 Å². The van der Waals surface area contributed by atoms with Crippen molar-refractivity contribution in [2.24, 2.45) is 0 Å². The largest absolute Gasteiger partial charge is 2.00 e. The maximum Gasteiger partial charge on any atom is 2.00 e. The van der Waals surface area contributed by atoms with Gasteiger partial charge in [-0.05, 0) is 0 Å². The molecule has 0 heterocycles. The second kappa shape index (κ2) is 9.27. The number of benzene rings is 2. The normalized spacial score (nSPS) is 11.5. The first-order valence-electron chi connectivity index (χ1n) is 6.15. The SMILES string of the molecule is Fc1[c-]c(F)c(C(F)(F)F)c(F)c1F.Fc1[c-]c(F)c(C(F)(F)F)c(F)c1F.[Zn+2]. The van der Waals surface area contributed by atoms with Gasteiger partial charge in [-0.25, -0.2) is 26.3 Å². The summed E-state index contributed by atoms with van der Waals surface area (Å²) in [7, 11) is 0. The van der Waals surface area contributed by atoms with Crippen LogP contribution in [-0.2, 0) is 31.8 Å². The van der Waals surface area contributed by atoms with E-state index in [1.54, 1.807) is 0 Å². The maximum absolute atomic E-state index is 12.4. The van der Waals surface area contributed by atoms with Gasteiger partial charge < -0.3 is 0 Å². The monoisotopic (exact) mass is 498 g/mol. The molecular weight excluding hydrogens is 500 g/mol. The summed E-state index contributed by atoms with van der Waals surface area (Å²) in [6.07, 6.45) is -10.9. The van der Waals surface area contributed by atoms with Crippen molar-refractivity contribution in [2.45, 2.75) is 12.4 Å². The first kappa shape index (κ1) is 27.1. The minimum Gasteiger partial charge on any atom is -0.278 e. The van der Waals surface area contributed by atoms with Gasteiger partial charge in [-0.1, -0.05) is 0 Å². The van der Waals surface area contributed by atoms with E-state index in [2.05, 4.69) is 0 Å². The van der Waals surface area contributed by atoms with Crippen LogP contribution in [0.2, 0.25) is 0 Å². The van der Waals surface area contributed by atoms with E-state index in [9.17, 15) is 61.5 Å². The second-order valence-electron chi connectivity index (χ2n) is 4.51. The quantitative estimate of drug-likeness (QED) is 0.135. The van der Waals surface area contributed by atoms with Gasteiger partial charge in [-0.15, -0.1) is 12.1 Å². The third-order valence-corrected chi connectivity index (χ3v) is 2.65. The minimum absolute atomic E-state index is 0. The Morgan fingerprint density at radius 3 is 0.862 bits per heavy atom. The minimum atomic E-state index is -5.43. The Hall–Kier alpha value is -1.92. The fourth-order valence-corrected chi connectivity index (χ4v) is 1.53. The van der Waals surface area contributed by atoms with Crippen molar-refractivity contribution in [3.8, 4) is 0 Å². The molecule has 0 unspecified atom stereocenters. The standard InChI is InChI=1S/2C7F7.Zn/c2*8-2-1-3(9)5(10)6(11)4(2)7(12,13)14;/q2*-1;+2. The van der Waals surface area contributed by atoms with Crippen LogP contribution in [0.25, 0.3) is 0 Å². The van der Waals surface area contributed by atoms with Gasteiger partial charge >= 0.3 is 31.8 Å². The van der Waals surface area contributed by atoms with Crippen LogP contribution >= 0.6 is 0 Å². The molecule has 15 heteroatoms. The molecule has 0 aromatic heterocycles. The molecule has 0 fully saturated rings. The predicted octanol–water partition coefficient (Wildman–Crippen LogP) is 6.12. The molecule has 156 valence electrons. The van der Waals surface area contributed by atoms with Crippen molar-refractivity contribution in [2.75, 3.05) is 0 Å². The van der Waals surface area contributed by atoms with Crippen molar-refractivity contribution in [3.63, 3.8) is 0 Å². The van der Waals surface area contributed by atoms with Crippen LogP contribution in [0.15, 0.2) is 0 Å². The first-order chi connectivity index (χ1) is 12.5. The molecule has 2 aromatic rings. The molecule has 0 amide bonds. The molecule has 0 aliphatic heterocycles. The van der Waals surface area contributed by atoms with Gasteiger partial charge in [-0.2, -0.15) is 26.3 Å². The average Bonchev–Trinajstić information content (AvgIpc) is 2.48. The Bertz CT molecular complexity index is 810. The molecule has 0 aliphatic rings. The van der Waals surface area contributed by atoms with Crippen LogP contribution in [0, 0.1) is 58.7 Å². The van der Waals surface area contributed by atoms with Crippen molar-refractivity contribution >= 4 is 0 Å². The van der Waals surface area contributed by atoms with E-state index in [1.807, 2.05) is 0 Å². The molecular formula is C14F14Zn. The van der Waals surface area contributed by atoms with E-state index < -0.39 is 70.0 Å². The van der Waals surface area contributed by atoms with Gasteiger partial charge in [0.1, 0.15) is 0 Å². The van der Waals surface area contributed by atoms with Crippen LogP contribution in [0.3, 0.4) is 0 Å². The molecule has 0 radical (unpaired) electrons. The van der Waals surface area contributed by atoms with E-state index in [0.29, 0.717) is 0 Å². The van der Waals surface area contributed by atoms with Crippen LogP contribution < -0.4 is 0 Å². The second-order valence-corrected chi connectivity index (χ2v) is 4.51. The number of hydrogen-bond acceptors (Lipinski definition) is 0. The van der Waals surface area contributed by atoms with E-state index in [1.165, 1.54) is 0 Å². The Kier molecular flexibility index (Phi) is 8.65. The average molecular weight is 500 g/mol. The summed E-state index contributed by atoms with van der Waals surface area (Å²) in [5, 5.41) is 0. The van der Waals surface area contributed by atoms with E-state index in [4.69, 9.17) is 0 Å². The van der Waals surface area contributed by atoms with Crippen LogP contribution in [-0.4, -0.2) is 0 Å². The summed E-state index contributed by atoms with van der Waals surface area (Å²) in [5.74, 6) is -18.9. The zero-order valence-corrected chi connectivity index (χ0v) is 16.0. The molecule has 2 rings (SSSR count). The number of hydrogen-bond donors (Lipinski definition) is 0. The van der Waals surface area contributed by atoms with Gasteiger partial charge in [0.2, 0.25) is 0 Å². The molecule has 0 N–H and O–H groups in total. The fraction of sp³-hybridized carbons (Fsp3) is 0.143. The maximum atomic E-state index is 12.4. The molecule has 0 saturated carbocycles. The Balaban J connectivity index is 0.000000523. The fourth-order valence-electron chi connectivity index (χ4n) is 1.53. The molecule has 0 spiro atoms. The van der Waals surface area contributed by atoms with Crippen LogP contribution in [0.1, 0.15) is 11.1 Å². The first-order valence-corrected chi connectivity index (χ1v) is 6.15.